The molecule has 16 heavy (non-hydrogen) atoms. The zero-order chi connectivity index (χ0) is 11.5. The standard InChI is InChI=1S/C12H19N3O/c1-9(13)10-4-5-14-12(7-10)15-6-2-3-11(15)8-16/h4-5,7,9,11,16H,2-3,6,8,13H2,1H3. The second-order valence-electron chi connectivity index (χ2n) is 4.41. The van der Waals surface area contributed by atoms with Crippen LogP contribution < -0.4 is 10.6 Å². The Kier molecular flexibility index (Phi) is 3.41. The molecule has 0 aromatic carbocycles. The average Bonchev–Trinajstić information content (AvgIpc) is 2.77. The summed E-state index contributed by atoms with van der Waals surface area (Å²) in [5.74, 6) is 0.936. The van der Waals surface area contributed by atoms with Crippen LogP contribution in [0, 0.1) is 0 Å². The van der Waals surface area contributed by atoms with Crippen LogP contribution in [-0.4, -0.2) is 29.3 Å². The van der Waals surface area contributed by atoms with E-state index in [1.807, 2.05) is 19.1 Å². The predicted octanol–water partition coefficient (Wildman–Crippen LogP) is 1.06. The number of nitrogens with two attached hydrogens (primary N) is 1. The molecule has 0 amide bonds. The van der Waals surface area contributed by atoms with Crippen LogP contribution in [0.1, 0.15) is 31.4 Å². The number of rotatable bonds is 3. The van der Waals surface area contributed by atoms with Crippen molar-refractivity contribution in [3.05, 3.63) is 23.9 Å². The van der Waals surface area contributed by atoms with Crippen LogP contribution in [0.2, 0.25) is 0 Å². The summed E-state index contributed by atoms with van der Waals surface area (Å²) in [5, 5.41) is 9.28. The molecule has 1 aromatic rings. The van der Waals surface area contributed by atoms with Crippen molar-refractivity contribution in [1.82, 2.24) is 4.98 Å². The largest absolute Gasteiger partial charge is 0.394 e. The number of nitrogens with zero attached hydrogens (tertiary/aromatic N) is 2. The summed E-state index contributed by atoms with van der Waals surface area (Å²) in [6, 6.07) is 4.21. The first-order chi connectivity index (χ1) is 7.72. The first-order valence-corrected chi connectivity index (χ1v) is 5.81. The van der Waals surface area contributed by atoms with E-state index in [1.54, 1.807) is 6.20 Å². The second kappa shape index (κ2) is 4.80. The number of hydrogen-bond donors (Lipinski definition) is 2. The Balaban J connectivity index is 2.22. The van der Waals surface area contributed by atoms with Crippen molar-refractivity contribution in [2.75, 3.05) is 18.1 Å². The summed E-state index contributed by atoms with van der Waals surface area (Å²) < 4.78 is 0. The molecule has 88 valence electrons. The SMILES string of the molecule is CC(N)c1ccnc(N2CCCC2CO)c1. The lowest BCUT2D eigenvalue weighted by Crippen LogP contribution is -2.32. The van der Waals surface area contributed by atoms with E-state index in [9.17, 15) is 5.11 Å². The van der Waals surface area contributed by atoms with Crippen molar-refractivity contribution in [3.63, 3.8) is 0 Å². The summed E-state index contributed by atoms with van der Waals surface area (Å²) in [4.78, 5) is 6.53. The van der Waals surface area contributed by atoms with Crippen molar-refractivity contribution in [2.24, 2.45) is 5.73 Å². The number of aliphatic hydroxyl groups excluding tert-OH is 1. The molecule has 2 rings (SSSR count). The van der Waals surface area contributed by atoms with E-state index in [0.717, 1.165) is 30.8 Å². The lowest BCUT2D eigenvalue weighted by atomic mass is 10.1. The molecule has 4 nitrogen and oxygen atoms in total. The fourth-order valence-electron chi connectivity index (χ4n) is 2.20. The Morgan fingerprint density at radius 2 is 2.50 bits per heavy atom. The maximum Gasteiger partial charge on any atom is 0.129 e. The lowest BCUT2D eigenvalue weighted by molar-refractivity contribution is 0.266. The lowest BCUT2D eigenvalue weighted by Gasteiger charge is -2.24. The molecule has 1 saturated heterocycles. The van der Waals surface area contributed by atoms with Crippen LogP contribution in [-0.2, 0) is 0 Å². The van der Waals surface area contributed by atoms with E-state index in [1.165, 1.54) is 0 Å². The van der Waals surface area contributed by atoms with Gasteiger partial charge in [0.05, 0.1) is 12.6 Å². The third-order valence-electron chi connectivity index (χ3n) is 3.18. The van der Waals surface area contributed by atoms with Gasteiger partial charge in [-0.1, -0.05) is 0 Å². The highest BCUT2D eigenvalue weighted by molar-refractivity contribution is 5.44. The summed E-state index contributed by atoms with van der Waals surface area (Å²) in [5.41, 5.74) is 6.94. The van der Waals surface area contributed by atoms with Crippen molar-refractivity contribution in [1.29, 1.82) is 0 Å². The molecule has 0 spiro atoms. The number of pyridine rings is 1. The van der Waals surface area contributed by atoms with Gasteiger partial charge in [-0.2, -0.15) is 0 Å². The Labute approximate surface area is 96.1 Å². The molecule has 0 bridgehead atoms. The van der Waals surface area contributed by atoms with Gasteiger partial charge in [-0.15, -0.1) is 0 Å². The molecular weight excluding hydrogens is 202 g/mol. The van der Waals surface area contributed by atoms with Gasteiger partial charge >= 0.3 is 0 Å². The van der Waals surface area contributed by atoms with E-state index >= 15 is 0 Å². The van der Waals surface area contributed by atoms with Crippen LogP contribution >= 0.6 is 0 Å². The molecule has 1 aliphatic rings. The molecule has 2 atom stereocenters. The van der Waals surface area contributed by atoms with Crippen LogP contribution in [0.25, 0.3) is 0 Å². The number of aliphatic hydroxyl groups is 1. The van der Waals surface area contributed by atoms with Gasteiger partial charge in [-0.25, -0.2) is 4.98 Å². The zero-order valence-electron chi connectivity index (χ0n) is 9.63. The maximum absolute atomic E-state index is 9.28. The monoisotopic (exact) mass is 221 g/mol. The van der Waals surface area contributed by atoms with Crippen LogP contribution in [0.5, 0.6) is 0 Å². The van der Waals surface area contributed by atoms with E-state index in [0.29, 0.717) is 0 Å². The summed E-state index contributed by atoms with van der Waals surface area (Å²) in [6.07, 6.45) is 3.96. The first-order valence-electron chi connectivity index (χ1n) is 5.81. The summed E-state index contributed by atoms with van der Waals surface area (Å²) in [6.45, 7) is 3.14. The molecule has 1 aliphatic heterocycles. The predicted molar refractivity (Wildman–Crippen MR) is 64.3 cm³/mol. The minimum Gasteiger partial charge on any atom is -0.394 e. The number of aromatic nitrogens is 1. The first kappa shape index (κ1) is 11.4. The van der Waals surface area contributed by atoms with Gasteiger partial charge in [-0.3, -0.25) is 0 Å². The molecule has 2 heterocycles. The van der Waals surface area contributed by atoms with Crippen LogP contribution in [0.4, 0.5) is 5.82 Å². The molecule has 2 unspecified atom stereocenters. The van der Waals surface area contributed by atoms with Gasteiger partial charge in [0.25, 0.3) is 0 Å². The molecule has 0 saturated carbocycles. The van der Waals surface area contributed by atoms with Gasteiger partial charge in [0.15, 0.2) is 0 Å². The van der Waals surface area contributed by atoms with Gasteiger partial charge in [-0.05, 0) is 37.5 Å². The van der Waals surface area contributed by atoms with Gasteiger partial charge < -0.3 is 15.7 Å². The molecule has 4 heteroatoms. The van der Waals surface area contributed by atoms with E-state index in [4.69, 9.17) is 5.73 Å². The Morgan fingerprint density at radius 1 is 1.69 bits per heavy atom. The van der Waals surface area contributed by atoms with E-state index in [2.05, 4.69) is 9.88 Å². The van der Waals surface area contributed by atoms with Crippen LogP contribution in [0.15, 0.2) is 18.3 Å². The number of hydrogen-bond acceptors (Lipinski definition) is 4. The normalized spacial score (nSPS) is 22.4. The molecular formula is C12H19N3O. The van der Waals surface area contributed by atoms with Gasteiger partial charge in [0.1, 0.15) is 5.82 Å². The molecule has 3 N–H and O–H groups in total. The van der Waals surface area contributed by atoms with Gasteiger partial charge in [0, 0.05) is 18.8 Å². The smallest absolute Gasteiger partial charge is 0.129 e. The van der Waals surface area contributed by atoms with Crippen molar-refractivity contribution in [3.8, 4) is 0 Å². The zero-order valence-corrected chi connectivity index (χ0v) is 9.63. The molecule has 0 radical (unpaired) electrons. The summed E-state index contributed by atoms with van der Waals surface area (Å²) in [7, 11) is 0. The summed E-state index contributed by atoms with van der Waals surface area (Å²) >= 11 is 0. The highest BCUT2D eigenvalue weighted by Gasteiger charge is 2.24. The van der Waals surface area contributed by atoms with E-state index in [-0.39, 0.29) is 18.7 Å². The Morgan fingerprint density at radius 3 is 3.19 bits per heavy atom. The average molecular weight is 221 g/mol. The fourth-order valence-corrected chi connectivity index (χ4v) is 2.20. The minimum absolute atomic E-state index is 0.0249. The van der Waals surface area contributed by atoms with E-state index < -0.39 is 0 Å². The Bertz CT molecular complexity index is 354. The van der Waals surface area contributed by atoms with Gasteiger partial charge in [0.2, 0.25) is 0 Å². The third-order valence-corrected chi connectivity index (χ3v) is 3.18. The molecule has 1 fully saturated rings. The topological polar surface area (TPSA) is 62.4 Å². The quantitative estimate of drug-likeness (QED) is 0.801. The number of anilines is 1. The van der Waals surface area contributed by atoms with Crippen molar-refractivity contribution in [2.45, 2.75) is 31.8 Å². The maximum atomic E-state index is 9.28. The minimum atomic E-state index is 0.0249. The second-order valence-corrected chi connectivity index (χ2v) is 4.41. The molecule has 0 aliphatic carbocycles. The van der Waals surface area contributed by atoms with Crippen LogP contribution in [0.3, 0.4) is 0 Å². The van der Waals surface area contributed by atoms with Crippen molar-refractivity contribution >= 4 is 5.82 Å². The third kappa shape index (κ3) is 2.18. The van der Waals surface area contributed by atoms with Crippen molar-refractivity contribution < 1.29 is 5.11 Å². The molecule has 1 aromatic heterocycles. The highest BCUT2D eigenvalue weighted by Crippen LogP contribution is 2.25. The fraction of sp³-hybridized carbons (Fsp3) is 0.583. The Hall–Kier alpha value is -1.13. The highest BCUT2D eigenvalue weighted by atomic mass is 16.3.